The van der Waals surface area contributed by atoms with E-state index in [9.17, 15) is 19.5 Å². The fourth-order valence-electron chi connectivity index (χ4n) is 2.84. The Hall–Kier alpha value is -2.80. The fraction of sp³-hybridized carbons (Fsp3) is 0.167. The van der Waals surface area contributed by atoms with Crippen LogP contribution in [0.4, 0.5) is 4.79 Å². The van der Waals surface area contributed by atoms with Crippen molar-refractivity contribution in [3.63, 3.8) is 0 Å². The molecule has 0 unspecified atom stereocenters. The summed E-state index contributed by atoms with van der Waals surface area (Å²) in [6, 6.07) is 8.63. The van der Waals surface area contributed by atoms with Crippen molar-refractivity contribution in [1.29, 1.82) is 0 Å². The number of aryl methyl sites for hydroxylation is 1. The molecule has 0 radical (unpaired) electrons. The summed E-state index contributed by atoms with van der Waals surface area (Å²) in [6.07, 6.45) is 1.68. The molecule has 0 atom stereocenters. The number of aromatic carboxylic acids is 1. The molecule has 7 heteroatoms. The number of hydrogen-bond acceptors (Lipinski definition) is 4. The lowest BCUT2D eigenvalue weighted by atomic mass is 10.1. The second-order valence-corrected chi connectivity index (χ2v) is 6.72. The molecule has 128 valence electrons. The first-order chi connectivity index (χ1) is 11.8. The maximum Gasteiger partial charge on any atom is 0.337 e. The Morgan fingerprint density at radius 2 is 1.88 bits per heavy atom. The van der Waals surface area contributed by atoms with Gasteiger partial charge in [-0.1, -0.05) is 12.1 Å². The molecule has 1 N–H and O–H groups in total. The monoisotopic (exact) mass is 356 g/mol. The zero-order chi connectivity index (χ0) is 18.3. The number of benzene rings is 1. The van der Waals surface area contributed by atoms with Gasteiger partial charge in [-0.3, -0.25) is 14.5 Å². The Kier molecular flexibility index (Phi) is 4.26. The lowest BCUT2D eigenvalue weighted by Gasteiger charge is -2.12. The summed E-state index contributed by atoms with van der Waals surface area (Å²) in [5, 5.41) is 9.12. The van der Waals surface area contributed by atoms with Gasteiger partial charge < -0.3 is 9.67 Å². The third-order valence-corrected chi connectivity index (χ3v) is 5.08. The van der Waals surface area contributed by atoms with Crippen LogP contribution in [0.5, 0.6) is 0 Å². The van der Waals surface area contributed by atoms with Crippen molar-refractivity contribution >= 4 is 35.0 Å². The van der Waals surface area contributed by atoms with Crippen LogP contribution in [0.2, 0.25) is 0 Å². The van der Waals surface area contributed by atoms with E-state index in [2.05, 4.69) is 0 Å². The van der Waals surface area contributed by atoms with Crippen LogP contribution < -0.4 is 0 Å². The van der Waals surface area contributed by atoms with Gasteiger partial charge in [0.1, 0.15) is 0 Å². The van der Waals surface area contributed by atoms with Gasteiger partial charge in [-0.2, -0.15) is 0 Å². The van der Waals surface area contributed by atoms with Crippen LogP contribution in [0.1, 0.15) is 27.3 Å². The molecule has 1 fully saturated rings. The summed E-state index contributed by atoms with van der Waals surface area (Å²) in [6.45, 7) is 3.72. The largest absolute Gasteiger partial charge is 0.478 e. The van der Waals surface area contributed by atoms with Gasteiger partial charge >= 0.3 is 5.97 Å². The molecule has 1 saturated heterocycles. The lowest BCUT2D eigenvalue weighted by Crippen LogP contribution is -2.22. The van der Waals surface area contributed by atoms with Crippen molar-refractivity contribution in [2.75, 3.05) is 7.05 Å². The first-order valence-electron chi connectivity index (χ1n) is 7.54. The van der Waals surface area contributed by atoms with Crippen LogP contribution in [0, 0.1) is 13.8 Å². The standard InChI is InChI=1S/C18H16N2O4S/c1-10-8-12(9-15-16(21)19(3)18(24)25-15)11(2)20(10)14-7-5-4-6-13(14)17(22)23/h4-9H,1-3H3,(H,22,23)/b15-9-. The van der Waals surface area contributed by atoms with Crippen LogP contribution in [0.25, 0.3) is 11.8 Å². The van der Waals surface area contributed by atoms with Crippen molar-refractivity contribution < 1.29 is 19.5 Å². The second kappa shape index (κ2) is 6.25. The predicted octanol–water partition coefficient (Wildman–Crippen LogP) is 3.46. The van der Waals surface area contributed by atoms with Gasteiger partial charge in [0.2, 0.25) is 0 Å². The van der Waals surface area contributed by atoms with E-state index >= 15 is 0 Å². The number of carboxylic acids is 1. The molecule has 2 amide bonds. The smallest absolute Gasteiger partial charge is 0.337 e. The lowest BCUT2D eigenvalue weighted by molar-refractivity contribution is -0.121. The first-order valence-corrected chi connectivity index (χ1v) is 8.36. The zero-order valence-corrected chi connectivity index (χ0v) is 14.8. The van der Waals surface area contributed by atoms with Gasteiger partial charge in [-0.15, -0.1) is 0 Å². The molecular formula is C18H16N2O4S. The summed E-state index contributed by atoms with van der Waals surface area (Å²) in [4.78, 5) is 36.6. The summed E-state index contributed by atoms with van der Waals surface area (Å²) in [7, 11) is 1.45. The topological polar surface area (TPSA) is 79.6 Å². The van der Waals surface area contributed by atoms with Crippen LogP contribution in [-0.4, -0.2) is 38.7 Å². The molecule has 0 saturated carbocycles. The van der Waals surface area contributed by atoms with E-state index in [4.69, 9.17) is 0 Å². The second-order valence-electron chi connectivity index (χ2n) is 5.72. The summed E-state index contributed by atoms with van der Waals surface area (Å²) < 4.78 is 1.84. The molecule has 1 aromatic heterocycles. The van der Waals surface area contributed by atoms with Gasteiger partial charge in [0.15, 0.2) is 0 Å². The number of likely N-dealkylation sites (N-methyl/N-ethyl adjacent to an activating group) is 1. The molecule has 25 heavy (non-hydrogen) atoms. The number of thioether (sulfide) groups is 1. The maximum atomic E-state index is 12.1. The highest BCUT2D eigenvalue weighted by Crippen LogP contribution is 2.33. The molecular weight excluding hydrogens is 340 g/mol. The van der Waals surface area contributed by atoms with Crippen molar-refractivity contribution in [1.82, 2.24) is 9.47 Å². The van der Waals surface area contributed by atoms with Crippen molar-refractivity contribution in [2.24, 2.45) is 0 Å². The van der Waals surface area contributed by atoms with E-state index < -0.39 is 5.97 Å². The normalized spacial score (nSPS) is 16.1. The Morgan fingerprint density at radius 1 is 1.20 bits per heavy atom. The van der Waals surface area contributed by atoms with Crippen LogP contribution in [0.15, 0.2) is 35.2 Å². The SMILES string of the molecule is Cc1cc(/C=C2\SC(=O)N(C)C2=O)c(C)n1-c1ccccc1C(=O)O. The Balaban J connectivity index is 2.11. The number of amides is 2. The van der Waals surface area contributed by atoms with Gasteiger partial charge in [-0.05, 0) is 55.4 Å². The number of carboxylic acid groups (broad SMARTS) is 1. The highest BCUT2D eigenvalue weighted by molar-refractivity contribution is 8.18. The average molecular weight is 356 g/mol. The minimum atomic E-state index is -1.00. The molecule has 3 rings (SSSR count). The fourth-order valence-corrected chi connectivity index (χ4v) is 3.66. The van der Waals surface area contributed by atoms with E-state index in [1.165, 1.54) is 7.05 Å². The molecule has 2 heterocycles. The van der Waals surface area contributed by atoms with Gasteiger partial charge in [0.05, 0.1) is 16.2 Å². The van der Waals surface area contributed by atoms with Gasteiger partial charge in [0, 0.05) is 18.4 Å². The van der Waals surface area contributed by atoms with E-state index in [0.29, 0.717) is 10.6 Å². The van der Waals surface area contributed by atoms with Crippen LogP contribution in [-0.2, 0) is 4.79 Å². The zero-order valence-electron chi connectivity index (χ0n) is 13.9. The van der Waals surface area contributed by atoms with E-state index in [1.807, 2.05) is 24.5 Å². The van der Waals surface area contributed by atoms with Crippen molar-refractivity contribution in [2.45, 2.75) is 13.8 Å². The number of carbonyl (C=O) groups excluding carboxylic acids is 2. The highest BCUT2D eigenvalue weighted by atomic mass is 32.2. The molecule has 0 spiro atoms. The van der Waals surface area contributed by atoms with Crippen molar-refractivity contribution in [3.05, 3.63) is 57.8 Å². The molecule has 1 aliphatic rings. The minimum absolute atomic E-state index is 0.199. The molecule has 1 aliphatic heterocycles. The molecule has 0 bridgehead atoms. The van der Waals surface area contributed by atoms with Crippen LogP contribution in [0.3, 0.4) is 0 Å². The van der Waals surface area contributed by atoms with E-state index in [-0.39, 0.29) is 16.7 Å². The van der Waals surface area contributed by atoms with E-state index in [1.54, 1.807) is 30.3 Å². The predicted molar refractivity (Wildman–Crippen MR) is 95.9 cm³/mol. The van der Waals surface area contributed by atoms with Gasteiger partial charge in [-0.25, -0.2) is 4.79 Å². The molecule has 2 aromatic rings. The number of imide groups is 1. The van der Waals surface area contributed by atoms with Crippen LogP contribution >= 0.6 is 11.8 Å². The molecule has 0 aliphatic carbocycles. The number of nitrogens with zero attached hydrogens (tertiary/aromatic N) is 2. The number of rotatable bonds is 3. The first kappa shape index (κ1) is 17.0. The summed E-state index contributed by atoms with van der Waals surface area (Å²) >= 11 is 0.899. The Morgan fingerprint density at radius 3 is 2.48 bits per heavy atom. The summed E-state index contributed by atoms with van der Waals surface area (Å²) in [5.74, 6) is -1.33. The van der Waals surface area contributed by atoms with Crippen molar-refractivity contribution in [3.8, 4) is 5.69 Å². The molecule has 1 aromatic carbocycles. The minimum Gasteiger partial charge on any atom is -0.478 e. The maximum absolute atomic E-state index is 12.1. The summed E-state index contributed by atoms with van der Waals surface area (Å²) in [5.41, 5.74) is 3.18. The highest BCUT2D eigenvalue weighted by Gasteiger charge is 2.32. The third-order valence-electron chi connectivity index (χ3n) is 4.12. The quantitative estimate of drug-likeness (QED) is 0.852. The number of carbonyl (C=O) groups is 3. The number of aromatic nitrogens is 1. The average Bonchev–Trinajstić information content (AvgIpc) is 2.98. The molecule has 6 nitrogen and oxygen atoms in total. The third kappa shape index (κ3) is 2.87. The number of para-hydroxylation sites is 1. The Labute approximate surface area is 148 Å². The Bertz CT molecular complexity index is 943. The number of hydrogen-bond donors (Lipinski definition) is 1. The van der Waals surface area contributed by atoms with E-state index in [0.717, 1.165) is 33.6 Å². The van der Waals surface area contributed by atoms with Gasteiger partial charge in [0.25, 0.3) is 11.1 Å².